The first-order valence-electron chi connectivity index (χ1n) is 7.80. The van der Waals surface area contributed by atoms with E-state index >= 15 is 0 Å². The molecular formula is C17H19N3O4S. The summed E-state index contributed by atoms with van der Waals surface area (Å²) in [6, 6.07) is 1.37. The van der Waals surface area contributed by atoms with E-state index in [4.69, 9.17) is 4.74 Å². The number of ether oxygens (including phenoxy) is 1. The van der Waals surface area contributed by atoms with E-state index in [9.17, 15) is 14.7 Å². The third-order valence-electron chi connectivity index (χ3n) is 4.10. The van der Waals surface area contributed by atoms with Crippen molar-refractivity contribution in [2.24, 2.45) is 0 Å². The molecule has 0 spiro atoms. The highest BCUT2D eigenvalue weighted by molar-refractivity contribution is 7.15. The van der Waals surface area contributed by atoms with E-state index in [1.165, 1.54) is 21.8 Å². The van der Waals surface area contributed by atoms with Crippen LogP contribution in [0.2, 0.25) is 0 Å². The third-order valence-corrected chi connectivity index (χ3v) is 5.04. The van der Waals surface area contributed by atoms with Crippen molar-refractivity contribution in [2.75, 3.05) is 0 Å². The van der Waals surface area contributed by atoms with Crippen LogP contribution in [0.15, 0.2) is 16.2 Å². The lowest BCUT2D eigenvalue weighted by Crippen LogP contribution is -2.16. The van der Waals surface area contributed by atoms with Gasteiger partial charge in [0.05, 0.1) is 11.8 Å². The maximum Gasteiger partial charge on any atom is 0.355 e. The Kier molecular flexibility index (Phi) is 4.49. The monoisotopic (exact) mass is 361 g/mol. The lowest BCUT2D eigenvalue weighted by Gasteiger charge is -2.06. The molecule has 0 aliphatic rings. The number of aromatic nitrogens is 3. The molecule has 1 atom stereocenters. The second-order valence-corrected chi connectivity index (χ2v) is 6.83. The first-order valence-corrected chi connectivity index (χ1v) is 8.68. The third kappa shape index (κ3) is 3.10. The Morgan fingerprint density at radius 2 is 2.16 bits per heavy atom. The van der Waals surface area contributed by atoms with Crippen LogP contribution in [-0.4, -0.2) is 25.4 Å². The molecule has 0 aliphatic carbocycles. The van der Waals surface area contributed by atoms with Gasteiger partial charge in [-0.15, -0.1) is 11.3 Å². The molecule has 132 valence electrons. The lowest BCUT2D eigenvalue weighted by molar-refractivity contribution is 0.0460. The van der Waals surface area contributed by atoms with Crippen molar-refractivity contribution in [3.63, 3.8) is 0 Å². The smallest absolute Gasteiger partial charge is 0.355 e. The standard InChI is InChI=1S/C17H19N3O4S/c1-8-7-25-17-19-12(5-13(22)20(8)17)6-24-16(23)15-9(2)14(11(4)21)10(3)18-15/h5,7,11,18,21H,6H2,1-4H3/t11-/m0/s1. The van der Waals surface area contributed by atoms with E-state index in [-0.39, 0.29) is 12.2 Å². The Balaban J connectivity index is 1.81. The van der Waals surface area contributed by atoms with Crippen LogP contribution in [0.5, 0.6) is 0 Å². The van der Waals surface area contributed by atoms with Gasteiger partial charge in [-0.2, -0.15) is 0 Å². The molecule has 0 saturated heterocycles. The summed E-state index contributed by atoms with van der Waals surface area (Å²) in [7, 11) is 0. The molecule has 3 rings (SSSR count). The predicted octanol–water partition coefficient (Wildman–Crippen LogP) is 2.42. The van der Waals surface area contributed by atoms with Crippen LogP contribution in [0.1, 0.15) is 51.7 Å². The quantitative estimate of drug-likeness (QED) is 0.696. The molecule has 0 amide bonds. The van der Waals surface area contributed by atoms with E-state index in [0.717, 1.165) is 11.4 Å². The summed E-state index contributed by atoms with van der Waals surface area (Å²) in [4.78, 5) is 32.3. The molecule has 8 heteroatoms. The molecule has 0 radical (unpaired) electrons. The van der Waals surface area contributed by atoms with Gasteiger partial charge in [-0.25, -0.2) is 9.78 Å². The van der Waals surface area contributed by atoms with Gasteiger partial charge in [-0.05, 0) is 33.3 Å². The summed E-state index contributed by atoms with van der Waals surface area (Å²) in [6.07, 6.45) is -0.677. The van der Waals surface area contributed by atoms with Crippen molar-refractivity contribution in [2.45, 2.75) is 40.4 Å². The van der Waals surface area contributed by atoms with Gasteiger partial charge in [0.25, 0.3) is 5.56 Å². The van der Waals surface area contributed by atoms with E-state index in [1.807, 2.05) is 12.3 Å². The molecule has 3 heterocycles. The molecule has 2 N–H and O–H groups in total. The summed E-state index contributed by atoms with van der Waals surface area (Å²) in [5.41, 5.74) is 3.41. The number of esters is 1. The zero-order chi connectivity index (χ0) is 18.3. The maximum atomic E-state index is 12.3. The molecule has 25 heavy (non-hydrogen) atoms. The number of carbonyl (C=O) groups excluding carboxylic acids is 1. The van der Waals surface area contributed by atoms with Gasteiger partial charge in [0.15, 0.2) is 4.96 Å². The molecule has 0 aliphatic heterocycles. The fourth-order valence-electron chi connectivity index (χ4n) is 2.98. The number of rotatable bonds is 4. The molecule has 3 aromatic heterocycles. The predicted molar refractivity (Wildman–Crippen MR) is 94.1 cm³/mol. The molecule has 0 bridgehead atoms. The van der Waals surface area contributed by atoms with Crippen molar-refractivity contribution in [3.05, 3.63) is 55.7 Å². The minimum Gasteiger partial charge on any atom is -0.454 e. The van der Waals surface area contributed by atoms with Crippen LogP contribution in [0, 0.1) is 20.8 Å². The second-order valence-electron chi connectivity index (χ2n) is 6.00. The van der Waals surface area contributed by atoms with E-state index in [2.05, 4.69) is 9.97 Å². The van der Waals surface area contributed by atoms with Gasteiger partial charge in [-0.3, -0.25) is 9.20 Å². The topological polar surface area (TPSA) is 96.7 Å². The minimum atomic E-state index is -0.677. The van der Waals surface area contributed by atoms with Crippen LogP contribution in [0.4, 0.5) is 0 Å². The largest absolute Gasteiger partial charge is 0.454 e. The number of fused-ring (bicyclic) bond motifs is 1. The van der Waals surface area contributed by atoms with Gasteiger partial charge < -0.3 is 14.8 Å². The first kappa shape index (κ1) is 17.4. The number of H-pyrrole nitrogens is 1. The highest BCUT2D eigenvalue weighted by Gasteiger charge is 2.21. The zero-order valence-corrected chi connectivity index (χ0v) is 15.2. The van der Waals surface area contributed by atoms with Crippen molar-refractivity contribution in [1.29, 1.82) is 0 Å². The highest BCUT2D eigenvalue weighted by atomic mass is 32.1. The lowest BCUT2D eigenvalue weighted by atomic mass is 10.1. The molecule has 3 aromatic rings. The van der Waals surface area contributed by atoms with E-state index in [0.29, 0.717) is 27.5 Å². The summed E-state index contributed by atoms with van der Waals surface area (Å²) < 4.78 is 6.81. The summed E-state index contributed by atoms with van der Waals surface area (Å²) in [6.45, 7) is 6.94. The number of aliphatic hydroxyl groups is 1. The Labute approximate surface area is 147 Å². The van der Waals surface area contributed by atoms with Gasteiger partial charge >= 0.3 is 5.97 Å². The zero-order valence-electron chi connectivity index (χ0n) is 14.4. The minimum absolute atomic E-state index is 0.0942. The molecule has 7 nitrogen and oxygen atoms in total. The van der Waals surface area contributed by atoms with Gasteiger partial charge in [0.2, 0.25) is 0 Å². The molecule has 0 unspecified atom stereocenters. The highest BCUT2D eigenvalue weighted by Crippen LogP contribution is 2.25. The summed E-state index contributed by atoms with van der Waals surface area (Å²) >= 11 is 1.36. The molecule has 0 aromatic carbocycles. The molecule has 0 fully saturated rings. The van der Waals surface area contributed by atoms with Gasteiger partial charge in [0, 0.05) is 28.4 Å². The van der Waals surface area contributed by atoms with Crippen LogP contribution < -0.4 is 5.56 Å². The Hall–Kier alpha value is -2.45. The molecule has 0 saturated carbocycles. The summed E-state index contributed by atoms with van der Waals surface area (Å²) in [5.74, 6) is -0.545. The Morgan fingerprint density at radius 3 is 2.80 bits per heavy atom. The number of nitrogens with zero attached hydrogens (tertiary/aromatic N) is 2. The van der Waals surface area contributed by atoms with Crippen LogP contribution >= 0.6 is 11.3 Å². The van der Waals surface area contributed by atoms with Gasteiger partial charge in [-0.1, -0.05) is 0 Å². The normalized spacial score (nSPS) is 12.5. The van der Waals surface area contributed by atoms with E-state index < -0.39 is 12.1 Å². The Bertz CT molecular complexity index is 1010. The van der Waals surface area contributed by atoms with Crippen molar-refractivity contribution in [3.8, 4) is 0 Å². The number of hydrogen-bond donors (Lipinski definition) is 2. The fraction of sp³-hybridized carbons (Fsp3) is 0.353. The van der Waals surface area contributed by atoms with Crippen molar-refractivity contribution in [1.82, 2.24) is 14.4 Å². The van der Waals surface area contributed by atoms with Gasteiger partial charge in [0.1, 0.15) is 12.3 Å². The molecular weight excluding hydrogens is 342 g/mol. The number of hydrogen-bond acceptors (Lipinski definition) is 6. The first-order chi connectivity index (χ1) is 11.8. The number of aryl methyl sites for hydroxylation is 2. The fourth-order valence-corrected chi connectivity index (χ4v) is 3.87. The number of aliphatic hydroxyl groups excluding tert-OH is 1. The SMILES string of the molecule is Cc1[nH]c(C(=O)OCc2cc(=O)n3c(C)csc3n2)c(C)c1[C@H](C)O. The Morgan fingerprint density at radius 1 is 1.44 bits per heavy atom. The second kappa shape index (κ2) is 6.45. The van der Waals surface area contributed by atoms with Crippen molar-refractivity contribution >= 4 is 22.3 Å². The van der Waals surface area contributed by atoms with Crippen molar-refractivity contribution < 1.29 is 14.6 Å². The number of thiazole rings is 1. The number of carbonyl (C=O) groups is 1. The maximum absolute atomic E-state index is 12.3. The average Bonchev–Trinajstić information content (AvgIpc) is 3.05. The van der Waals surface area contributed by atoms with E-state index in [1.54, 1.807) is 20.8 Å². The van der Waals surface area contributed by atoms with Crippen LogP contribution in [-0.2, 0) is 11.3 Å². The van der Waals surface area contributed by atoms with Crippen LogP contribution in [0.3, 0.4) is 0 Å². The average molecular weight is 361 g/mol. The summed E-state index contributed by atoms with van der Waals surface area (Å²) in [5, 5.41) is 11.7. The van der Waals surface area contributed by atoms with Crippen LogP contribution in [0.25, 0.3) is 4.96 Å². The number of aromatic amines is 1. The number of nitrogens with one attached hydrogen (secondary N) is 1.